The molecule has 3 aliphatic rings. The fourth-order valence-electron chi connectivity index (χ4n) is 4.40. The van der Waals surface area contributed by atoms with Gasteiger partial charge in [0.25, 0.3) is 0 Å². The molecule has 15 nitrogen and oxygen atoms in total. The number of hydrogen-bond acceptors (Lipinski definition) is 15. The Morgan fingerprint density at radius 2 is 1.08 bits per heavy atom. The van der Waals surface area contributed by atoms with Crippen LogP contribution >= 0.6 is 49.6 Å². The third-order valence-corrected chi connectivity index (χ3v) is 6.48. The normalized spacial score (nSPS) is 47.9. The Hall–Kier alpha value is 0.560. The van der Waals surface area contributed by atoms with Gasteiger partial charge in [0.05, 0.1) is 12.6 Å². The topological polar surface area (TPSA) is 283 Å². The Labute approximate surface area is 238 Å². The lowest BCUT2D eigenvalue weighted by atomic mass is 9.84. The van der Waals surface area contributed by atoms with Gasteiger partial charge in [-0.05, 0) is 6.42 Å². The molecular formula is C18H40Cl4N4O11. The van der Waals surface area contributed by atoms with E-state index in [2.05, 4.69) is 0 Å². The first-order valence-corrected chi connectivity index (χ1v) is 10.8. The van der Waals surface area contributed by atoms with Crippen LogP contribution in [0, 0.1) is 0 Å². The van der Waals surface area contributed by atoms with Crippen molar-refractivity contribution in [3.8, 4) is 0 Å². The van der Waals surface area contributed by atoms with Gasteiger partial charge >= 0.3 is 0 Å². The molecule has 5 unspecified atom stereocenters. The first kappa shape index (κ1) is 39.7. The summed E-state index contributed by atoms with van der Waals surface area (Å²) in [6, 6.07) is -2.86. The number of hydrogen-bond donors (Lipinski definition) is 11. The van der Waals surface area contributed by atoms with Gasteiger partial charge in [0.2, 0.25) is 0 Å². The fraction of sp³-hybridized carbons (Fsp3) is 1.00. The van der Waals surface area contributed by atoms with Gasteiger partial charge in [-0.2, -0.15) is 0 Å². The molecule has 0 amide bonds. The summed E-state index contributed by atoms with van der Waals surface area (Å²) in [5.41, 5.74) is 23.5. The number of nitrogens with two attached hydrogens (primary N) is 4. The van der Waals surface area contributed by atoms with Crippen LogP contribution in [-0.4, -0.2) is 141 Å². The minimum atomic E-state index is -1.66. The van der Waals surface area contributed by atoms with E-state index in [0.29, 0.717) is 0 Å². The van der Waals surface area contributed by atoms with E-state index in [1.165, 1.54) is 0 Å². The summed E-state index contributed by atoms with van der Waals surface area (Å²) < 4.78 is 22.2. The van der Waals surface area contributed by atoms with Crippen LogP contribution in [0.4, 0.5) is 0 Å². The van der Waals surface area contributed by atoms with Crippen molar-refractivity contribution >= 4 is 49.6 Å². The van der Waals surface area contributed by atoms with Crippen molar-refractivity contribution in [1.29, 1.82) is 0 Å². The summed E-state index contributed by atoms with van der Waals surface area (Å²) in [6.07, 6.45) is -16.5. The molecule has 3 fully saturated rings. The van der Waals surface area contributed by atoms with Gasteiger partial charge in [0.1, 0.15) is 61.0 Å². The monoisotopic (exact) mass is 628 g/mol. The predicted molar refractivity (Wildman–Crippen MR) is 137 cm³/mol. The van der Waals surface area contributed by atoms with E-state index in [9.17, 15) is 35.7 Å². The van der Waals surface area contributed by atoms with Crippen molar-refractivity contribution < 1.29 is 54.7 Å². The van der Waals surface area contributed by atoms with E-state index in [0.717, 1.165) is 0 Å². The standard InChI is InChI=1S/C18H36N4O11.4ClH/c19-2-6-10(25)12(27)13(28)18(30-6)33-16-5(21)1-4(20)15(14(16)29)32-17-11(26)8(22)9(24)7(3-23)31-17;;;;/h4-18,23-29H,1-3,19-22H2;4*1H/t4?,5?,6-,7-,8+,9-,10-,11-,12+,13-,14?,15?,16?,17-,18-;;;;/m1..../s1. The fourth-order valence-corrected chi connectivity index (χ4v) is 4.40. The molecule has 2 saturated heterocycles. The van der Waals surface area contributed by atoms with Crippen LogP contribution in [0.1, 0.15) is 6.42 Å². The van der Waals surface area contributed by atoms with Crippen molar-refractivity contribution in [2.45, 2.75) is 98.2 Å². The molecule has 0 spiro atoms. The molecule has 1 aliphatic carbocycles. The maximum Gasteiger partial charge on any atom is 0.187 e. The van der Waals surface area contributed by atoms with Crippen LogP contribution in [0.15, 0.2) is 0 Å². The average Bonchev–Trinajstić information content (AvgIpc) is 2.79. The van der Waals surface area contributed by atoms with Crippen LogP contribution in [-0.2, 0) is 18.9 Å². The van der Waals surface area contributed by atoms with Gasteiger partial charge in [0, 0.05) is 18.6 Å². The van der Waals surface area contributed by atoms with Gasteiger partial charge in [-0.3, -0.25) is 0 Å². The first-order valence-electron chi connectivity index (χ1n) is 10.8. The zero-order valence-corrected chi connectivity index (χ0v) is 22.8. The molecule has 37 heavy (non-hydrogen) atoms. The van der Waals surface area contributed by atoms with Gasteiger partial charge in [0.15, 0.2) is 12.6 Å². The molecule has 0 bridgehead atoms. The number of aliphatic hydroxyl groups excluding tert-OH is 7. The molecule has 15 atom stereocenters. The SMILES string of the molecule is Cl.Cl.Cl.Cl.NC[C@H]1O[C@H](OC2C(N)CC(N)C(O[C@H]3O[C@H](CO)[C@@H](O)[C@H](N)[C@H]3O)C2O)[C@H](O)[C@@H](O)[C@@H]1O. The van der Waals surface area contributed by atoms with Crippen molar-refractivity contribution in [2.75, 3.05) is 13.2 Å². The highest BCUT2D eigenvalue weighted by molar-refractivity contribution is 5.86. The summed E-state index contributed by atoms with van der Waals surface area (Å²) in [5, 5.41) is 70.9. The lowest BCUT2D eigenvalue weighted by Gasteiger charge is -2.48. The molecule has 0 radical (unpaired) electrons. The predicted octanol–water partition coefficient (Wildman–Crippen LogP) is -5.60. The van der Waals surface area contributed by atoms with Crippen LogP contribution < -0.4 is 22.9 Å². The Balaban J connectivity index is 0. The van der Waals surface area contributed by atoms with E-state index < -0.39 is 98.4 Å². The minimum Gasteiger partial charge on any atom is -0.394 e. The maximum absolute atomic E-state index is 10.9. The van der Waals surface area contributed by atoms with Gasteiger partial charge in [-0.25, -0.2) is 0 Å². The van der Waals surface area contributed by atoms with Crippen LogP contribution in [0.2, 0.25) is 0 Å². The molecule has 0 aromatic carbocycles. The molecule has 1 saturated carbocycles. The summed E-state index contributed by atoms with van der Waals surface area (Å²) in [5.74, 6) is 0. The zero-order valence-electron chi connectivity index (χ0n) is 19.5. The highest BCUT2D eigenvalue weighted by Gasteiger charge is 2.51. The molecule has 15 N–H and O–H groups in total. The second-order valence-electron chi connectivity index (χ2n) is 8.79. The Kier molecular flexibility index (Phi) is 18.0. The lowest BCUT2D eigenvalue weighted by Crippen LogP contribution is -2.68. The second kappa shape index (κ2) is 16.7. The van der Waals surface area contributed by atoms with Crippen LogP contribution in [0.25, 0.3) is 0 Å². The lowest BCUT2D eigenvalue weighted by molar-refractivity contribution is -0.332. The van der Waals surface area contributed by atoms with Gasteiger partial charge in [-0.1, -0.05) is 0 Å². The highest BCUT2D eigenvalue weighted by atomic mass is 35.5. The molecule has 0 aromatic rings. The van der Waals surface area contributed by atoms with Crippen molar-refractivity contribution in [3.63, 3.8) is 0 Å². The molecule has 2 aliphatic heterocycles. The third kappa shape index (κ3) is 8.29. The smallest absolute Gasteiger partial charge is 0.187 e. The molecule has 3 rings (SSSR count). The van der Waals surface area contributed by atoms with Crippen molar-refractivity contribution in [3.05, 3.63) is 0 Å². The zero-order chi connectivity index (χ0) is 24.6. The largest absolute Gasteiger partial charge is 0.394 e. The third-order valence-electron chi connectivity index (χ3n) is 6.48. The van der Waals surface area contributed by atoms with Gasteiger partial charge in [-0.15, -0.1) is 49.6 Å². The summed E-state index contributed by atoms with van der Waals surface area (Å²) in [7, 11) is 0. The van der Waals surface area contributed by atoms with E-state index in [1.54, 1.807) is 0 Å². The summed E-state index contributed by atoms with van der Waals surface area (Å²) >= 11 is 0. The highest BCUT2D eigenvalue weighted by Crippen LogP contribution is 2.31. The summed E-state index contributed by atoms with van der Waals surface area (Å²) in [6.45, 7) is -0.763. The van der Waals surface area contributed by atoms with E-state index >= 15 is 0 Å². The Bertz CT molecular complexity index is 602. The molecular weight excluding hydrogens is 590 g/mol. The van der Waals surface area contributed by atoms with E-state index in [1.807, 2.05) is 0 Å². The van der Waals surface area contributed by atoms with E-state index in [-0.39, 0.29) is 62.6 Å². The maximum atomic E-state index is 10.9. The summed E-state index contributed by atoms with van der Waals surface area (Å²) in [4.78, 5) is 0. The molecule has 2 heterocycles. The second-order valence-corrected chi connectivity index (χ2v) is 8.79. The Morgan fingerprint density at radius 1 is 0.622 bits per heavy atom. The molecule has 19 heteroatoms. The number of aliphatic hydroxyl groups is 7. The number of halogens is 4. The average molecular weight is 630 g/mol. The Morgan fingerprint density at radius 3 is 1.54 bits per heavy atom. The number of rotatable bonds is 6. The van der Waals surface area contributed by atoms with E-state index in [4.69, 9.17) is 41.9 Å². The molecule has 226 valence electrons. The quantitative estimate of drug-likeness (QED) is 0.131. The van der Waals surface area contributed by atoms with Crippen molar-refractivity contribution in [1.82, 2.24) is 0 Å². The van der Waals surface area contributed by atoms with Crippen LogP contribution in [0.5, 0.6) is 0 Å². The molecule has 0 aromatic heterocycles. The first-order chi connectivity index (χ1) is 15.5. The van der Waals surface area contributed by atoms with Crippen LogP contribution in [0.3, 0.4) is 0 Å². The van der Waals surface area contributed by atoms with Crippen molar-refractivity contribution in [2.24, 2.45) is 22.9 Å². The minimum absolute atomic E-state index is 0. The van der Waals surface area contributed by atoms with Gasteiger partial charge < -0.3 is 77.6 Å². The number of ether oxygens (including phenoxy) is 4.